The van der Waals surface area contributed by atoms with Crippen LogP contribution in [-0.4, -0.2) is 28.8 Å². The van der Waals surface area contributed by atoms with Gasteiger partial charge in [0.15, 0.2) is 0 Å². The highest BCUT2D eigenvalue weighted by Gasteiger charge is 2.26. The van der Waals surface area contributed by atoms with Crippen LogP contribution in [0.2, 0.25) is 5.02 Å². The van der Waals surface area contributed by atoms with Crippen molar-refractivity contribution in [1.82, 2.24) is 10.5 Å². The van der Waals surface area contributed by atoms with Crippen LogP contribution in [-0.2, 0) is 16.0 Å². The van der Waals surface area contributed by atoms with Crippen LogP contribution in [0, 0.1) is 0 Å². The third-order valence-electron chi connectivity index (χ3n) is 5.06. The maximum absolute atomic E-state index is 11.9. The Labute approximate surface area is 181 Å². The first-order valence-electron chi connectivity index (χ1n) is 9.90. The molecule has 0 bridgehead atoms. The predicted molar refractivity (Wildman–Crippen MR) is 118 cm³/mol. The van der Waals surface area contributed by atoms with Crippen LogP contribution in [0.25, 0.3) is 11.1 Å². The van der Waals surface area contributed by atoms with Gasteiger partial charge in [0, 0.05) is 29.9 Å². The van der Waals surface area contributed by atoms with E-state index in [1.165, 1.54) is 0 Å². The number of benzene rings is 2. The molecule has 3 aromatic rings. The van der Waals surface area contributed by atoms with E-state index in [2.05, 4.69) is 29.2 Å². The van der Waals surface area contributed by atoms with Gasteiger partial charge >= 0.3 is 0 Å². The van der Waals surface area contributed by atoms with Crippen molar-refractivity contribution < 1.29 is 14.7 Å². The number of hydrogen-bond acceptors (Lipinski definition) is 4. The molecule has 1 heterocycles. The Morgan fingerprint density at radius 3 is 2.27 bits per heavy atom. The second-order valence-electron chi connectivity index (χ2n) is 7.03. The van der Waals surface area contributed by atoms with E-state index in [1.54, 1.807) is 17.9 Å². The Bertz CT molecular complexity index is 931. The van der Waals surface area contributed by atoms with E-state index >= 15 is 0 Å². The van der Waals surface area contributed by atoms with Crippen molar-refractivity contribution in [2.24, 2.45) is 0 Å². The lowest BCUT2D eigenvalue weighted by Crippen LogP contribution is -2.31. The molecule has 156 valence electrons. The molecule has 0 aliphatic rings. The second-order valence-corrected chi connectivity index (χ2v) is 7.46. The molecule has 0 unspecified atom stereocenters. The molecule has 3 rings (SSSR count). The van der Waals surface area contributed by atoms with Gasteiger partial charge in [0.25, 0.3) is 0 Å². The summed E-state index contributed by atoms with van der Waals surface area (Å²) in [5.41, 5.74) is 6.06. The third-order valence-corrected chi connectivity index (χ3v) is 5.31. The molecule has 6 heteroatoms. The Hall–Kier alpha value is -2.73. The molecule has 0 fully saturated rings. The number of pyridine rings is 1. The Morgan fingerprint density at radius 1 is 1.03 bits per heavy atom. The molecule has 0 saturated carbocycles. The predicted octanol–water partition coefficient (Wildman–Crippen LogP) is 5.03. The maximum atomic E-state index is 11.9. The number of nitrogens with one attached hydrogen (secondary N) is 1. The van der Waals surface area contributed by atoms with Crippen molar-refractivity contribution in [3.63, 3.8) is 0 Å². The van der Waals surface area contributed by atoms with Gasteiger partial charge < -0.3 is 4.74 Å². The summed E-state index contributed by atoms with van der Waals surface area (Å²) < 4.78 is 5.94. The van der Waals surface area contributed by atoms with Gasteiger partial charge in [0.1, 0.15) is 0 Å². The van der Waals surface area contributed by atoms with Gasteiger partial charge in [-0.05, 0) is 59.9 Å². The van der Waals surface area contributed by atoms with Gasteiger partial charge in [-0.1, -0.05) is 48.0 Å². The highest BCUT2D eigenvalue weighted by Crippen LogP contribution is 2.31. The minimum Gasteiger partial charge on any atom is -0.377 e. The maximum Gasteiger partial charge on any atom is 0.245 e. The lowest BCUT2D eigenvalue weighted by molar-refractivity contribution is -0.132. The van der Waals surface area contributed by atoms with Gasteiger partial charge in [-0.2, -0.15) is 0 Å². The molecule has 1 aromatic heterocycles. The number of hydroxylamine groups is 1. The van der Waals surface area contributed by atoms with Gasteiger partial charge in [-0.3, -0.25) is 15.0 Å². The van der Waals surface area contributed by atoms with E-state index in [9.17, 15) is 4.79 Å². The molecule has 30 heavy (non-hydrogen) atoms. The molecule has 5 nitrogen and oxygen atoms in total. The summed E-state index contributed by atoms with van der Waals surface area (Å²) in [6.07, 6.45) is 3.89. The first kappa shape index (κ1) is 22.0. The number of halogens is 1. The van der Waals surface area contributed by atoms with Crippen LogP contribution in [0.5, 0.6) is 0 Å². The van der Waals surface area contributed by atoms with Crippen LogP contribution in [0.1, 0.15) is 30.4 Å². The number of hydrogen-bond donors (Lipinski definition) is 2. The van der Waals surface area contributed by atoms with E-state index in [0.717, 1.165) is 22.3 Å². The van der Waals surface area contributed by atoms with Crippen molar-refractivity contribution in [3.8, 4) is 11.1 Å². The zero-order valence-electron chi connectivity index (χ0n) is 16.8. The molecular weight excluding hydrogens is 400 g/mol. The number of nitrogens with zero attached hydrogens (tertiary/aromatic N) is 1. The summed E-state index contributed by atoms with van der Waals surface area (Å²) in [5.74, 6) is -0.544. The monoisotopic (exact) mass is 424 g/mol. The quantitative estimate of drug-likeness (QED) is 0.373. The van der Waals surface area contributed by atoms with Crippen LogP contribution in [0.15, 0.2) is 73.1 Å². The average molecular weight is 425 g/mol. The molecule has 1 amide bonds. The highest BCUT2D eigenvalue weighted by atomic mass is 35.5. The van der Waals surface area contributed by atoms with Gasteiger partial charge in [0.2, 0.25) is 5.91 Å². The van der Waals surface area contributed by atoms with Crippen molar-refractivity contribution in [2.45, 2.75) is 31.8 Å². The lowest BCUT2D eigenvalue weighted by atomic mass is 9.85. The summed E-state index contributed by atoms with van der Waals surface area (Å²) in [5, 5.41) is 9.69. The average Bonchev–Trinajstić information content (AvgIpc) is 2.79. The fourth-order valence-corrected chi connectivity index (χ4v) is 3.69. The smallest absolute Gasteiger partial charge is 0.245 e. The summed E-state index contributed by atoms with van der Waals surface area (Å²) >= 11 is 6.03. The molecule has 2 N–H and O–H groups in total. The van der Waals surface area contributed by atoms with E-state index in [4.69, 9.17) is 21.5 Å². The molecule has 0 aliphatic carbocycles. The number of carbonyl (C=O) groups is 1. The first-order chi connectivity index (χ1) is 14.6. The van der Waals surface area contributed by atoms with Crippen molar-refractivity contribution in [2.75, 3.05) is 6.61 Å². The minimum absolute atomic E-state index is 0.0642. The zero-order chi connectivity index (χ0) is 21.3. The Kier molecular flexibility index (Phi) is 7.97. The molecule has 2 atom stereocenters. The number of amides is 1. The van der Waals surface area contributed by atoms with E-state index in [-0.39, 0.29) is 18.4 Å². The van der Waals surface area contributed by atoms with E-state index < -0.39 is 5.91 Å². The van der Waals surface area contributed by atoms with E-state index in [1.807, 2.05) is 43.3 Å². The number of aromatic nitrogens is 1. The summed E-state index contributed by atoms with van der Waals surface area (Å²) in [4.78, 5) is 16.0. The number of ether oxygens (including phenoxy) is 1. The first-order valence-corrected chi connectivity index (χ1v) is 10.3. The number of carbonyl (C=O) groups excluding carboxylic acids is 1. The third kappa shape index (κ3) is 5.89. The van der Waals surface area contributed by atoms with Crippen LogP contribution in [0.3, 0.4) is 0 Å². The SMILES string of the molecule is CCO[C@H](CC(=O)NO)[C@H](Cc1ccc(Cl)cc1)c1ccc(-c2ccncc2)cc1. The van der Waals surface area contributed by atoms with Crippen LogP contribution >= 0.6 is 11.6 Å². The number of rotatable bonds is 9. The molecule has 0 saturated heterocycles. The van der Waals surface area contributed by atoms with Gasteiger partial charge in [-0.25, -0.2) is 5.48 Å². The summed E-state index contributed by atoms with van der Waals surface area (Å²) in [7, 11) is 0. The molecule has 0 aliphatic heterocycles. The summed E-state index contributed by atoms with van der Waals surface area (Å²) in [6, 6.07) is 19.9. The van der Waals surface area contributed by atoms with Crippen molar-refractivity contribution in [1.29, 1.82) is 0 Å². The van der Waals surface area contributed by atoms with Crippen molar-refractivity contribution >= 4 is 17.5 Å². The second kappa shape index (κ2) is 10.9. The molecular formula is C24H25ClN2O3. The Morgan fingerprint density at radius 2 is 1.67 bits per heavy atom. The van der Waals surface area contributed by atoms with Gasteiger partial charge in [0.05, 0.1) is 12.5 Å². The van der Waals surface area contributed by atoms with E-state index in [0.29, 0.717) is 18.1 Å². The molecule has 0 spiro atoms. The summed E-state index contributed by atoms with van der Waals surface area (Å²) in [6.45, 7) is 2.37. The zero-order valence-corrected chi connectivity index (χ0v) is 17.5. The highest BCUT2D eigenvalue weighted by molar-refractivity contribution is 6.30. The molecule has 2 aromatic carbocycles. The Balaban J connectivity index is 1.92. The van der Waals surface area contributed by atoms with Crippen LogP contribution in [0.4, 0.5) is 0 Å². The fourth-order valence-electron chi connectivity index (χ4n) is 3.57. The normalized spacial score (nSPS) is 12.9. The fraction of sp³-hybridized carbons (Fsp3) is 0.250. The minimum atomic E-state index is -0.469. The van der Waals surface area contributed by atoms with Crippen molar-refractivity contribution in [3.05, 3.63) is 89.2 Å². The lowest BCUT2D eigenvalue weighted by Gasteiger charge is -2.27. The largest absolute Gasteiger partial charge is 0.377 e. The topological polar surface area (TPSA) is 71.5 Å². The molecule has 0 radical (unpaired) electrons. The standard InChI is InChI=1S/C24H25ClN2O3/c1-2-30-23(16-24(28)27-29)22(15-17-3-9-21(25)10-4-17)20-7-5-18(6-8-20)19-11-13-26-14-12-19/h3-14,22-23,29H,2,15-16H2,1H3,(H,27,28)/t22-,23-/m1/s1. The van der Waals surface area contributed by atoms with Crippen LogP contribution < -0.4 is 5.48 Å². The van der Waals surface area contributed by atoms with Gasteiger partial charge in [-0.15, -0.1) is 0 Å².